The summed E-state index contributed by atoms with van der Waals surface area (Å²) in [6.45, 7) is 2.37. The van der Waals surface area contributed by atoms with E-state index >= 15 is 0 Å². The first-order valence-electron chi connectivity index (χ1n) is 6.88. The molecule has 1 saturated heterocycles. The van der Waals surface area contributed by atoms with Gasteiger partial charge in [0.2, 0.25) is 0 Å². The number of amides is 1. The van der Waals surface area contributed by atoms with Gasteiger partial charge in [-0.15, -0.1) is 0 Å². The molecule has 0 N–H and O–H groups in total. The van der Waals surface area contributed by atoms with E-state index in [0.717, 1.165) is 8.96 Å². The summed E-state index contributed by atoms with van der Waals surface area (Å²) in [6, 6.07) is 5.53. The second-order valence-corrected chi connectivity index (χ2v) is 6.42. The summed E-state index contributed by atoms with van der Waals surface area (Å²) in [6.07, 6.45) is 1.69. The van der Waals surface area contributed by atoms with Gasteiger partial charge >= 0.3 is 0 Å². The van der Waals surface area contributed by atoms with Crippen molar-refractivity contribution in [3.05, 3.63) is 33.0 Å². The van der Waals surface area contributed by atoms with Crippen LogP contribution in [0.15, 0.2) is 24.4 Å². The first kappa shape index (κ1) is 15.8. The zero-order valence-electron chi connectivity index (χ0n) is 11.7. The van der Waals surface area contributed by atoms with Gasteiger partial charge in [0.15, 0.2) is 12.4 Å². The van der Waals surface area contributed by atoms with Crippen molar-refractivity contribution in [3.8, 4) is 5.75 Å². The predicted octanol–water partition coefficient (Wildman–Crippen LogP) is 2.73. The van der Waals surface area contributed by atoms with Gasteiger partial charge in [0, 0.05) is 24.7 Å². The van der Waals surface area contributed by atoms with E-state index < -0.39 is 0 Å². The van der Waals surface area contributed by atoms with Crippen LogP contribution in [-0.2, 0) is 9.53 Å². The van der Waals surface area contributed by atoms with E-state index in [4.69, 9.17) is 21.1 Å². The van der Waals surface area contributed by atoms with Gasteiger partial charge < -0.3 is 14.4 Å². The fourth-order valence-electron chi connectivity index (χ4n) is 2.32. The van der Waals surface area contributed by atoms with E-state index in [1.54, 1.807) is 11.1 Å². The van der Waals surface area contributed by atoms with Crippen LogP contribution in [0.1, 0.15) is 0 Å². The Morgan fingerprint density at radius 2 is 2.23 bits per heavy atom. The summed E-state index contributed by atoms with van der Waals surface area (Å²) in [5.74, 6) is 0.556. The van der Waals surface area contributed by atoms with Crippen LogP contribution in [0.2, 0.25) is 5.02 Å². The number of hydrogen-bond donors (Lipinski definition) is 0. The SMILES string of the molecule is O=C(COc1c(I)cc(Cl)c2cccnc12)N1CCOCC1. The minimum Gasteiger partial charge on any atom is -0.480 e. The van der Waals surface area contributed by atoms with Crippen molar-refractivity contribution >= 4 is 51.0 Å². The Morgan fingerprint density at radius 3 is 3.00 bits per heavy atom. The minimum atomic E-state index is -0.0434. The smallest absolute Gasteiger partial charge is 0.260 e. The molecular weight excluding hydrogens is 419 g/mol. The molecule has 1 fully saturated rings. The van der Waals surface area contributed by atoms with Crippen molar-refractivity contribution < 1.29 is 14.3 Å². The highest BCUT2D eigenvalue weighted by Crippen LogP contribution is 2.34. The quantitative estimate of drug-likeness (QED) is 0.700. The highest BCUT2D eigenvalue weighted by molar-refractivity contribution is 14.1. The number of morpholine rings is 1. The Labute approximate surface area is 146 Å². The van der Waals surface area contributed by atoms with E-state index in [9.17, 15) is 4.79 Å². The van der Waals surface area contributed by atoms with Gasteiger partial charge in [0.05, 0.1) is 21.8 Å². The lowest BCUT2D eigenvalue weighted by Crippen LogP contribution is -2.43. The van der Waals surface area contributed by atoms with E-state index in [2.05, 4.69) is 27.6 Å². The Hall–Kier alpha value is -1.12. The molecule has 0 saturated carbocycles. The highest BCUT2D eigenvalue weighted by atomic mass is 127. The average Bonchev–Trinajstić information content (AvgIpc) is 2.55. The van der Waals surface area contributed by atoms with Crippen LogP contribution < -0.4 is 4.74 Å². The lowest BCUT2D eigenvalue weighted by atomic mass is 10.2. The Morgan fingerprint density at radius 1 is 1.45 bits per heavy atom. The molecule has 0 spiro atoms. The van der Waals surface area contributed by atoms with E-state index in [1.165, 1.54) is 0 Å². The fraction of sp³-hybridized carbons (Fsp3) is 0.333. The van der Waals surface area contributed by atoms with Gasteiger partial charge in [0.25, 0.3) is 5.91 Å². The van der Waals surface area contributed by atoms with Crippen LogP contribution in [-0.4, -0.2) is 48.7 Å². The van der Waals surface area contributed by atoms with Crippen LogP contribution in [0.3, 0.4) is 0 Å². The Balaban J connectivity index is 1.80. The first-order chi connectivity index (χ1) is 10.7. The van der Waals surface area contributed by atoms with Crippen molar-refractivity contribution in [2.45, 2.75) is 0 Å². The molecule has 1 amide bonds. The summed E-state index contributed by atoms with van der Waals surface area (Å²) in [4.78, 5) is 18.3. The van der Waals surface area contributed by atoms with E-state index in [-0.39, 0.29) is 12.5 Å². The number of carbonyl (C=O) groups is 1. The molecule has 1 aromatic carbocycles. The lowest BCUT2D eigenvalue weighted by Gasteiger charge is -2.26. The van der Waals surface area contributed by atoms with Crippen molar-refractivity contribution in [2.24, 2.45) is 0 Å². The van der Waals surface area contributed by atoms with E-state index in [0.29, 0.717) is 42.6 Å². The van der Waals surface area contributed by atoms with Crippen LogP contribution in [0, 0.1) is 3.57 Å². The average molecular weight is 433 g/mol. The topological polar surface area (TPSA) is 51.7 Å². The molecule has 1 aliphatic rings. The number of ether oxygens (including phenoxy) is 2. The largest absolute Gasteiger partial charge is 0.480 e. The molecule has 5 nitrogen and oxygen atoms in total. The van der Waals surface area contributed by atoms with Crippen molar-refractivity contribution in [2.75, 3.05) is 32.9 Å². The van der Waals surface area contributed by atoms with Crippen LogP contribution in [0.4, 0.5) is 0 Å². The molecule has 2 heterocycles. The molecule has 1 aromatic heterocycles. The molecule has 0 bridgehead atoms. The number of rotatable bonds is 3. The minimum absolute atomic E-state index is 0.0106. The number of nitrogens with zero attached hydrogens (tertiary/aromatic N) is 2. The second-order valence-electron chi connectivity index (χ2n) is 4.85. The third-order valence-corrected chi connectivity index (χ3v) is 4.57. The third kappa shape index (κ3) is 3.28. The predicted molar refractivity (Wildman–Crippen MR) is 92.4 cm³/mol. The van der Waals surface area contributed by atoms with Gasteiger partial charge in [-0.3, -0.25) is 9.78 Å². The summed E-state index contributed by atoms with van der Waals surface area (Å²) < 4.78 is 11.8. The number of hydrogen-bond acceptors (Lipinski definition) is 4. The lowest BCUT2D eigenvalue weighted by molar-refractivity contribution is -0.137. The molecule has 0 radical (unpaired) electrons. The van der Waals surface area contributed by atoms with Crippen molar-refractivity contribution in [3.63, 3.8) is 0 Å². The zero-order chi connectivity index (χ0) is 15.5. The Kier molecular flexibility index (Phi) is 5.00. The normalized spacial score (nSPS) is 15.1. The maximum Gasteiger partial charge on any atom is 0.260 e. The standard InChI is InChI=1S/C15H14ClIN2O3/c16-11-8-12(17)15(14-10(11)2-1-3-18-14)22-9-13(20)19-4-6-21-7-5-19/h1-3,8H,4-7,9H2. The fourth-order valence-corrected chi connectivity index (χ4v) is 3.49. The third-order valence-electron chi connectivity index (χ3n) is 3.45. The van der Waals surface area contributed by atoms with Crippen LogP contribution in [0.25, 0.3) is 10.9 Å². The summed E-state index contributed by atoms with van der Waals surface area (Å²) in [5, 5.41) is 1.44. The Bertz CT molecular complexity index is 704. The van der Waals surface area contributed by atoms with Gasteiger partial charge in [-0.2, -0.15) is 0 Å². The molecule has 0 atom stereocenters. The molecule has 0 unspecified atom stereocenters. The highest BCUT2D eigenvalue weighted by Gasteiger charge is 2.19. The number of halogens is 2. The van der Waals surface area contributed by atoms with Gasteiger partial charge in [-0.05, 0) is 40.8 Å². The maximum atomic E-state index is 12.2. The number of pyridine rings is 1. The van der Waals surface area contributed by atoms with Gasteiger partial charge in [-0.1, -0.05) is 11.6 Å². The molecule has 2 aromatic rings. The number of aromatic nitrogens is 1. The van der Waals surface area contributed by atoms with Crippen LogP contribution in [0.5, 0.6) is 5.75 Å². The maximum absolute atomic E-state index is 12.2. The molecular formula is C15H14ClIN2O3. The summed E-state index contributed by atoms with van der Waals surface area (Å²) >= 11 is 8.37. The first-order valence-corrected chi connectivity index (χ1v) is 8.33. The van der Waals surface area contributed by atoms with Crippen LogP contribution >= 0.6 is 34.2 Å². The molecule has 22 heavy (non-hydrogen) atoms. The monoisotopic (exact) mass is 432 g/mol. The van der Waals surface area contributed by atoms with Gasteiger partial charge in [0.1, 0.15) is 5.52 Å². The number of carbonyl (C=O) groups excluding carboxylic acids is 1. The zero-order valence-corrected chi connectivity index (χ0v) is 14.6. The number of benzene rings is 1. The molecule has 1 aliphatic heterocycles. The second kappa shape index (κ2) is 6.97. The molecule has 0 aliphatic carbocycles. The van der Waals surface area contributed by atoms with Crippen molar-refractivity contribution in [1.82, 2.24) is 9.88 Å². The van der Waals surface area contributed by atoms with Crippen molar-refractivity contribution in [1.29, 1.82) is 0 Å². The summed E-state index contributed by atoms with van der Waals surface area (Å²) in [7, 11) is 0. The van der Waals surface area contributed by atoms with Gasteiger partial charge in [-0.25, -0.2) is 0 Å². The molecule has 116 valence electrons. The molecule has 7 heteroatoms. The summed E-state index contributed by atoms with van der Waals surface area (Å²) in [5.41, 5.74) is 0.675. The number of fused-ring (bicyclic) bond motifs is 1. The molecule has 3 rings (SSSR count). The van der Waals surface area contributed by atoms with E-state index in [1.807, 2.05) is 18.2 Å².